The van der Waals surface area contributed by atoms with Crippen LogP contribution >= 0.6 is 0 Å². The molecule has 50 heavy (non-hydrogen) atoms. The normalized spacial score (nSPS) is 12.0. The van der Waals surface area contributed by atoms with E-state index in [-0.39, 0.29) is 43.1 Å². The highest BCUT2D eigenvalue weighted by Crippen LogP contribution is 2.45. The Morgan fingerprint density at radius 1 is 0.520 bits per heavy atom. The Bertz CT molecular complexity index is 1730. The van der Waals surface area contributed by atoms with Gasteiger partial charge in [0, 0.05) is 76.4 Å². The molecule has 0 aromatic heterocycles. The van der Waals surface area contributed by atoms with Crippen molar-refractivity contribution in [2.24, 2.45) is 0 Å². The van der Waals surface area contributed by atoms with Crippen molar-refractivity contribution in [3.63, 3.8) is 0 Å². The van der Waals surface area contributed by atoms with Gasteiger partial charge in [0.15, 0.2) is 0 Å². The molecule has 268 valence electrons. The summed E-state index contributed by atoms with van der Waals surface area (Å²) in [5, 5.41) is 8.56. The predicted octanol–water partition coefficient (Wildman–Crippen LogP) is 5.80. The van der Waals surface area contributed by atoms with Crippen molar-refractivity contribution in [2.75, 3.05) is 0 Å². The van der Waals surface area contributed by atoms with Crippen LogP contribution in [0.15, 0.2) is 36.4 Å². The summed E-state index contributed by atoms with van der Waals surface area (Å²) < 4.78 is 11.5. The highest BCUT2D eigenvalue weighted by molar-refractivity contribution is 5.76. The first-order chi connectivity index (χ1) is 23.5. The molecule has 3 N–H and O–H groups in total. The second-order valence-electron chi connectivity index (χ2n) is 12.8. The fourth-order valence-corrected chi connectivity index (χ4v) is 6.31. The summed E-state index contributed by atoms with van der Waals surface area (Å²) in [6.07, 6.45) is 2.17. The molecule has 1 atom stereocenters. The number of hydrogen-bond donors (Lipinski definition) is 3. The first-order valence-electron chi connectivity index (χ1n) is 17.1. The maximum absolute atomic E-state index is 12.4. The molecule has 10 nitrogen and oxygen atoms in total. The molecule has 3 amide bonds. The number of ether oxygens (including phenoxy) is 2. The van der Waals surface area contributed by atoms with Crippen molar-refractivity contribution in [2.45, 2.75) is 114 Å². The van der Waals surface area contributed by atoms with Gasteiger partial charge in [-0.25, -0.2) is 0 Å². The average Bonchev–Trinajstić information content (AvgIpc) is 3.05. The predicted molar refractivity (Wildman–Crippen MR) is 193 cm³/mol. The molecule has 0 fully saturated rings. The van der Waals surface area contributed by atoms with E-state index in [4.69, 9.17) is 9.47 Å². The standard InChI is InChI=1S/C40H51N3O7/c1-11-29-14-35(15-30(12-2)23(29)4)40(10,36-16-31(13-3)38(49-27(8)47)32(17-36)20-41-24(5)44)37-18-33(21-42-25(6)45)39(50-28(9)48)34(19-37)22-43-26(7)46/h14-19H,11-13,20-22H2,1-10H3,(H,41,44)(H,42,45)(H,43,46). The van der Waals surface area contributed by atoms with Crippen LogP contribution in [0.3, 0.4) is 0 Å². The van der Waals surface area contributed by atoms with Gasteiger partial charge in [-0.3, -0.25) is 24.0 Å². The Balaban J connectivity index is 2.59. The van der Waals surface area contributed by atoms with Crippen molar-refractivity contribution in [1.82, 2.24) is 16.0 Å². The Hall–Kier alpha value is -4.99. The topological polar surface area (TPSA) is 140 Å². The highest BCUT2D eigenvalue weighted by atomic mass is 16.5. The zero-order valence-corrected chi connectivity index (χ0v) is 31.1. The molecule has 3 rings (SSSR count). The van der Waals surface area contributed by atoms with E-state index >= 15 is 0 Å². The van der Waals surface area contributed by atoms with Gasteiger partial charge in [0.25, 0.3) is 0 Å². The quantitative estimate of drug-likeness (QED) is 0.111. The van der Waals surface area contributed by atoms with Crippen LogP contribution in [0.5, 0.6) is 11.5 Å². The lowest BCUT2D eigenvalue weighted by molar-refractivity contribution is -0.133. The van der Waals surface area contributed by atoms with Gasteiger partial charge in [-0.05, 0) is 90.3 Å². The summed E-state index contributed by atoms with van der Waals surface area (Å²) >= 11 is 0. The minimum atomic E-state index is -0.879. The van der Waals surface area contributed by atoms with E-state index in [1.165, 1.54) is 51.3 Å². The average molecular weight is 686 g/mol. The summed E-state index contributed by atoms with van der Waals surface area (Å²) in [5.74, 6) is -1.07. The Morgan fingerprint density at radius 3 is 1.08 bits per heavy atom. The molecule has 0 aliphatic carbocycles. The first-order valence-corrected chi connectivity index (χ1v) is 17.1. The summed E-state index contributed by atoms with van der Waals surface area (Å²) in [5.41, 5.74) is 7.98. The van der Waals surface area contributed by atoms with Crippen LogP contribution in [0, 0.1) is 6.92 Å². The molecule has 0 aliphatic rings. The van der Waals surface area contributed by atoms with Gasteiger partial charge in [-0.2, -0.15) is 0 Å². The number of carbonyl (C=O) groups excluding carboxylic acids is 5. The van der Waals surface area contributed by atoms with Crippen molar-refractivity contribution in [3.8, 4) is 11.5 Å². The maximum Gasteiger partial charge on any atom is 0.308 e. The van der Waals surface area contributed by atoms with Crippen LogP contribution in [0.1, 0.15) is 118 Å². The number of aryl methyl sites for hydroxylation is 3. The summed E-state index contributed by atoms with van der Waals surface area (Å²) in [6, 6.07) is 12.3. The minimum absolute atomic E-state index is 0.0721. The van der Waals surface area contributed by atoms with Crippen molar-refractivity contribution >= 4 is 29.7 Å². The molecule has 3 aromatic carbocycles. The van der Waals surface area contributed by atoms with Gasteiger partial charge in [-0.15, -0.1) is 0 Å². The Morgan fingerprint density at radius 2 is 0.800 bits per heavy atom. The number of benzene rings is 3. The molecule has 0 heterocycles. The van der Waals surface area contributed by atoms with E-state index in [9.17, 15) is 24.0 Å². The van der Waals surface area contributed by atoms with Gasteiger partial charge in [-0.1, -0.05) is 39.0 Å². The van der Waals surface area contributed by atoms with Gasteiger partial charge in [0.1, 0.15) is 11.5 Å². The number of carbonyl (C=O) groups is 5. The third-order valence-corrected chi connectivity index (χ3v) is 9.06. The molecule has 0 bridgehead atoms. The molecule has 0 saturated heterocycles. The molecule has 0 spiro atoms. The van der Waals surface area contributed by atoms with E-state index in [0.29, 0.717) is 28.9 Å². The van der Waals surface area contributed by atoms with Crippen LogP contribution in [0.4, 0.5) is 0 Å². The number of rotatable bonds is 14. The number of amides is 3. The lowest BCUT2D eigenvalue weighted by Crippen LogP contribution is -2.29. The monoisotopic (exact) mass is 685 g/mol. The van der Waals surface area contributed by atoms with Gasteiger partial charge < -0.3 is 25.4 Å². The molecular weight excluding hydrogens is 634 g/mol. The minimum Gasteiger partial charge on any atom is -0.426 e. The van der Waals surface area contributed by atoms with E-state index in [1.54, 1.807) is 0 Å². The van der Waals surface area contributed by atoms with Crippen LogP contribution in [-0.4, -0.2) is 29.7 Å². The van der Waals surface area contributed by atoms with E-state index in [2.05, 4.69) is 55.8 Å². The Kier molecular flexibility index (Phi) is 13.5. The number of hydrogen-bond acceptors (Lipinski definition) is 7. The summed E-state index contributed by atoms with van der Waals surface area (Å²) in [6.45, 7) is 17.7. The zero-order chi connectivity index (χ0) is 37.3. The molecule has 1 unspecified atom stereocenters. The smallest absolute Gasteiger partial charge is 0.308 e. The number of esters is 2. The molecule has 3 aromatic rings. The van der Waals surface area contributed by atoms with Crippen LogP contribution in [-0.2, 0) is 68.3 Å². The van der Waals surface area contributed by atoms with E-state index in [0.717, 1.165) is 35.1 Å². The van der Waals surface area contributed by atoms with Gasteiger partial charge in [0.05, 0.1) is 0 Å². The van der Waals surface area contributed by atoms with Crippen molar-refractivity contribution < 1.29 is 33.4 Å². The molecule has 0 radical (unpaired) electrons. The van der Waals surface area contributed by atoms with Gasteiger partial charge >= 0.3 is 11.9 Å². The Labute approximate surface area is 295 Å². The maximum atomic E-state index is 12.4. The summed E-state index contributed by atoms with van der Waals surface area (Å²) in [7, 11) is 0. The van der Waals surface area contributed by atoms with Gasteiger partial charge in [0.2, 0.25) is 17.7 Å². The molecule has 0 saturated carbocycles. The van der Waals surface area contributed by atoms with Crippen LogP contribution < -0.4 is 25.4 Å². The fraction of sp³-hybridized carbons (Fsp3) is 0.425. The van der Waals surface area contributed by atoms with Crippen molar-refractivity contribution in [3.05, 3.63) is 92.0 Å². The summed E-state index contributed by atoms with van der Waals surface area (Å²) in [4.78, 5) is 61.0. The molecular formula is C40H51N3O7. The highest BCUT2D eigenvalue weighted by Gasteiger charge is 2.35. The second-order valence-corrected chi connectivity index (χ2v) is 12.8. The second kappa shape index (κ2) is 17.1. The SMILES string of the molecule is CCc1cc(C(C)(c2cc(CC)c(OC(C)=O)c(CNC(C)=O)c2)c2cc(CNC(C)=O)c(OC(C)=O)c(CNC(C)=O)c2)cc(CC)c1C. The van der Waals surface area contributed by atoms with Crippen LogP contribution in [0.2, 0.25) is 0 Å². The third-order valence-electron chi connectivity index (χ3n) is 9.06. The van der Waals surface area contributed by atoms with Crippen molar-refractivity contribution in [1.29, 1.82) is 0 Å². The number of nitrogens with one attached hydrogen (secondary N) is 3. The lowest BCUT2D eigenvalue weighted by Gasteiger charge is -2.35. The van der Waals surface area contributed by atoms with E-state index < -0.39 is 17.4 Å². The van der Waals surface area contributed by atoms with E-state index in [1.807, 2.05) is 31.2 Å². The zero-order valence-electron chi connectivity index (χ0n) is 31.1. The molecule has 0 aliphatic heterocycles. The molecule has 10 heteroatoms. The fourth-order valence-electron chi connectivity index (χ4n) is 6.31. The lowest BCUT2D eigenvalue weighted by atomic mass is 9.68. The first kappa shape index (κ1) is 39.4. The third kappa shape index (κ3) is 9.37. The largest absolute Gasteiger partial charge is 0.426 e. The van der Waals surface area contributed by atoms with Crippen LogP contribution in [0.25, 0.3) is 0 Å².